The van der Waals surface area contributed by atoms with Gasteiger partial charge in [-0.1, -0.05) is 18.2 Å². The van der Waals surface area contributed by atoms with Crippen molar-refractivity contribution in [3.05, 3.63) is 58.8 Å². The lowest BCUT2D eigenvalue weighted by molar-refractivity contribution is -0.135. The van der Waals surface area contributed by atoms with Crippen LogP contribution in [0.25, 0.3) is 0 Å². The zero-order valence-corrected chi connectivity index (χ0v) is 20.6. The fraction of sp³-hybridized carbons (Fsp3) is 0.440. The normalized spacial score (nSPS) is 15.4. The second-order valence-electron chi connectivity index (χ2n) is 8.96. The maximum Gasteiger partial charge on any atom is 0.318 e. The molecule has 2 aromatic rings. The zero-order valence-electron chi connectivity index (χ0n) is 19.8. The Morgan fingerprint density at radius 1 is 1.27 bits per heavy atom. The van der Waals surface area contributed by atoms with Gasteiger partial charge in [0.1, 0.15) is 13.2 Å². The van der Waals surface area contributed by atoms with E-state index in [9.17, 15) is 9.59 Å². The summed E-state index contributed by atoms with van der Waals surface area (Å²) in [6, 6.07) is 9.00. The summed E-state index contributed by atoms with van der Waals surface area (Å²) in [5.41, 5.74) is 0.699. The summed E-state index contributed by atoms with van der Waals surface area (Å²) in [7, 11) is 1.60. The molecule has 0 radical (unpaired) electrons. The molecule has 3 amide bonds. The quantitative estimate of drug-likeness (QED) is 0.584. The number of hydrogen-bond acceptors (Lipinski definition) is 5. The number of hydrogen-bond donors (Lipinski definition) is 1. The highest BCUT2D eigenvalue weighted by Crippen LogP contribution is 2.35. The fourth-order valence-electron chi connectivity index (χ4n) is 3.81. The van der Waals surface area contributed by atoms with E-state index in [2.05, 4.69) is 23.3 Å². The minimum absolute atomic E-state index is 0.0292. The van der Waals surface area contributed by atoms with Crippen LogP contribution in [0, 0.1) is 0 Å². The number of rotatable bonds is 8. The van der Waals surface area contributed by atoms with Gasteiger partial charge in [0.2, 0.25) is 5.91 Å². The summed E-state index contributed by atoms with van der Waals surface area (Å²) in [6.45, 7) is 10.6. The van der Waals surface area contributed by atoms with E-state index in [4.69, 9.17) is 9.47 Å². The van der Waals surface area contributed by atoms with Crippen LogP contribution in [0.5, 0.6) is 11.5 Å². The standard InChI is InChI=1S/C25H33N3O4S/c1-6-13-27(24(30)26-25(2,3)4)16-23(29)28-14-11-22-18(12-15-33-22)19(28)17-32-21-10-8-7-9-20(21)31-5/h6-10,12,15,19H,1,11,13-14,16-17H2,2-5H3,(H,26,30)/t19-/m1/s1. The van der Waals surface area contributed by atoms with Gasteiger partial charge in [-0.15, -0.1) is 17.9 Å². The molecule has 1 aliphatic heterocycles. The molecule has 0 spiro atoms. The average molecular weight is 472 g/mol. The number of thiophene rings is 1. The first kappa shape index (κ1) is 24.6. The Hall–Kier alpha value is -3.00. The number of nitrogens with one attached hydrogen (secondary N) is 1. The number of benzene rings is 1. The highest BCUT2D eigenvalue weighted by molar-refractivity contribution is 7.10. The van der Waals surface area contributed by atoms with E-state index >= 15 is 0 Å². The molecule has 0 saturated heterocycles. The van der Waals surface area contributed by atoms with Crippen molar-refractivity contribution >= 4 is 23.3 Å². The van der Waals surface area contributed by atoms with Crippen LogP contribution in [0.1, 0.15) is 37.3 Å². The summed E-state index contributed by atoms with van der Waals surface area (Å²) >= 11 is 1.70. The summed E-state index contributed by atoms with van der Waals surface area (Å²) in [4.78, 5) is 30.7. The molecular formula is C25H33N3O4S. The summed E-state index contributed by atoms with van der Waals surface area (Å²) in [5.74, 6) is 1.16. The maximum absolute atomic E-state index is 13.4. The number of ether oxygens (including phenoxy) is 2. The van der Waals surface area contributed by atoms with Crippen LogP contribution >= 0.6 is 11.3 Å². The van der Waals surface area contributed by atoms with Crippen molar-refractivity contribution in [2.24, 2.45) is 0 Å². The Kier molecular flexibility index (Phi) is 8.02. The third-order valence-corrected chi connectivity index (χ3v) is 6.32. The van der Waals surface area contributed by atoms with E-state index in [1.165, 1.54) is 9.78 Å². The van der Waals surface area contributed by atoms with Crippen LogP contribution in [0.2, 0.25) is 0 Å². The highest BCUT2D eigenvalue weighted by Gasteiger charge is 2.34. The van der Waals surface area contributed by atoms with E-state index < -0.39 is 5.54 Å². The van der Waals surface area contributed by atoms with Gasteiger partial charge in [-0.05, 0) is 56.3 Å². The number of carbonyl (C=O) groups excluding carboxylic acids is 2. The smallest absolute Gasteiger partial charge is 0.318 e. The molecule has 1 aromatic heterocycles. The van der Waals surface area contributed by atoms with Gasteiger partial charge in [0.15, 0.2) is 11.5 Å². The van der Waals surface area contributed by atoms with Crippen LogP contribution in [0.3, 0.4) is 0 Å². The van der Waals surface area contributed by atoms with Crippen molar-refractivity contribution in [3.8, 4) is 11.5 Å². The summed E-state index contributed by atoms with van der Waals surface area (Å²) < 4.78 is 11.5. The SMILES string of the molecule is C=CCN(CC(=O)N1CCc2sccc2[C@H]1COc1ccccc1OC)C(=O)NC(C)(C)C. The van der Waals surface area contributed by atoms with E-state index in [0.29, 0.717) is 24.7 Å². The topological polar surface area (TPSA) is 71.1 Å². The zero-order chi connectivity index (χ0) is 24.0. The molecule has 0 saturated carbocycles. The number of methoxy groups -OCH3 is 1. The first-order valence-corrected chi connectivity index (χ1v) is 11.9. The van der Waals surface area contributed by atoms with Gasteiger partial charge in [0.25, 0.3) is 0 Å². The molecule has 7 nitrogen and oxygen atoms in total. The minimum Gasteiger partial charge on any atom is -0.493 e. The van der Waals surface area contributed by atoms with Crippen LogP contribution in [-0.2, 0) is 11.2 Å². The van der Waals surface area contributed by atoms with Crippen molar-refractivity contribution in [1.82, 2.24) is 15.1 Å². The van der Waals surface area contributed by atoms with Crippen LogP contribution in [0.4, 0.5) is 4.79 Å². The van der Waals surface area contributed by atoms with Gasteiger partial charge in [-0.3, -0.25) is 4.79 Å². The van der Waals surface area contributed by atoms with E-state index in [-0.39, 0.29) is 31.1 Å². The highest BCUT2D eigenvalue weighted by atomic mass is 32.1. The summed E-state index contributed by atoms with van der Waals surface area (Å²) in [6.07, 6.45) is 2.42. The molecule has 1 aromatic carbocycles. The Morgan fingerprint density at radius 3 is 2.67 bits per heavy atom. The lowest BCUT2D eigenvalue weighted by Crippen LogP contribution is -2.53. The molecule has 1 atom stereocenters. The lowest BCUT2D eigenvalue weighted by atomic mass is 10.0. The molecule has 0 aliphatic carbocycles. The number of carbonyl (C=O) groups is 2. The third-order valence-electron chi connectivity index (χ3n) is 5.33. The Balaban J connectivity index is 1.78. The Bertz CT molecular complexity index is 982. The van der Waals surface area contributed by atoms with Gasteiger partial charge >= 0.3 is 6.03 Å². The monoisotopic (exact) mass is 471 g/mol. The van der Waals surface area contributed by atoms with E-state index in [0.717, 1.165) is 12.0 Å². The number of para-hydroxylation sites is 2. The fourth-order valence-corrected chi connectivity index (χ4v) is 4.74. The van der Waals surface area contributed by atoms with Gasteiger partial charge in [-0.2, -0.15) is 0 Å². The van der Waals surface area contributed by atoms with Gasteiger partial charge < -0.3 is 24.6 Å². The predicted octanol–water partition coefficient (Wildman–Crippen LogP) is 4.26. The molecular weight excluding hydrogens is 438 g/mol. The number of nitrogens with zero attached hydrogens (tertiary/aromatic N) is 2. The van der Waals surface area contributed by atoms with E-state index in [1.807, 2.05) is 49.9 Å². The van der Waals surface area contributed by atoms with Gasteiger partial charge in [0.05, 0.1) is 13.2 Å². The Morgan fingerprint density at radius 2 is 2.00 bits per heavy atom. The summed E-state index contributed by atoms with van der Waals surface area (Å²) in [5, 5.41) is 4.98. The molecule has 33 heavy (non-hydrogen) atoms. The third kappa shape index (κ3) is 6.28. The molecule has 0 unspecified atom stereocenters. The Labute approximate surface area is 200 Å². The van der Waals surface area contributed by atoms with Crippen molar-refractivity contribution in [2.45, 2.75) is 38.8 Å². The molecule has 178 valence electrons. The number of urea groups is 1. The second-order valence-corrected chi connectivity index (χ2v) is 9.96. The first-order valence-electron chi connectivity index (χ1n) is 11.0. The molecule has 1 N–H and O–H groups in total. The largest absolute Gasteiger partial charge is 0.493 e. The number of fused-ring (bicyclic) bond motifs is 1. The van der Waals surface area contributed by atoms with Crippen LogP contribution < -0.4 is 14.8 Å². The molecule has 0 bridgehead atoms. The average Bonchev–Trinajstić information content (AvgIpc) is 3.25. The number of amides is 3. The van der Waals surface area contributed by atoms with Crippen molar-refractivity contribution in [3.63, 3.8) is 0 Å². The lowest BCUT2D eigenvalue weighted by Gasteiger charge is -2.37. The molecule has 8 heteroatoms. The molecule has 2 heterocycles. The maximum atomic E-state index is 13.4. The molecule has 0 fully saturated rings. The molecule has 3 rings (SSSR count). The van der Waals surface area contributed by atoms with Crippen molar-refractivity contribution in [1.29, 1.82) is 0 Å². The van der Waals surface area contributed by atoms with Crippen LogP contribution in [0.15, 0.2) is 48.4 Å². The van der Waals surface area contributed by atoms with Crippen LogP contribution in [-0.4, -0.2) is 60.6 Å². The molecule has 1 aliphatic rings. The van der Waals surface area contributed by atoms with E-state index in [1.54, 1.807) is 24.5 Å². The minimum atomic E-state index is -0.401. The van der Waals surface area contributed by atoms with Gasteiger partial charge in [-0.25, -0.2) is 4.79 Å². The second kappa shape index (κ2) is 10.7. The first-order chi connectivity index (χ1) is 15.7. The van der Waals surface area contributed by atoms with Gasteiger partial charge in [0, 0.05) is 23.5 Å². The van der Waals surface area contributed by atoms with Crippen molar-refractivity contribution in [2.75, 3.05) is 33.4 Å². The predicted molar refractivity (Wildman–Crippen MR) is 131 cm³/mol. The van der Waals surface area contributed by atoms with Crippen molar-refractivity contribution < 1.29 is 19.1 Å².